The van der Waals surface area contributed by atoms with E-state index in [4.69, 9.17) is 4.74 Å². The molecule has 2 atom stereocenters. The molecule has 0 spiro atoms. The fourth-order valence-electron chi connectivity index (χ4n) is 2.35. The molecule has 1 aromatic heterocycles. The zero-order valence-corrected chi connectivity index (χ0v) is 11.0. The molecule has 2 rings (SSSR count). The van der Waals surface area contributed by atoms with Crippen LogP contribution < -0.4 is 0 Å². The molecule has 0 saturated carbocycles. The van der Waals surface area contributed by atoms with Crippen LogP contribution in [0.5, 0.6) is 0 Å². The van der Waals surface area contributed by atoms with Crippen LogP contribution in [0.15, 0.2) is 12.4 Å². The number of methoxy groups -OCH3 is 1. The highest BCUT2D eigenvalue weighted by Crippen LogP contribution is 2.24. The first-order chi connectivity index (χ1) is 8.63. The van der Waals surface area contributed by atoms with Crippen molar-refractivity contribution < 1.29 is 9.53 Å². The second-order valence-electron chi connectivity index (χ2n) is 4.71. The van der Waals surface area contributed by atoms with Crippen LogP contribution in [-0.2, 0) is 9.53 Å². The Labute approximate surface area is 106 Å². The highest BCUT2D eigenvalue weighted by atomic mass is 16.5. The molecule has 1 aromatic rings. The van der Waals surface area contributed by atoms with E-state index in [1.165, 1.54) is 7.11 Å². The van der Waals surface area contributed by atoms with E-state index >= 15 is 0 Å². The van der Waals surface area contributed by atoms with Gasteiger partial charge in [0.2, 0.25) is 5.91 Å². The molecule has 0 aromatic carbocycles. The summed E-state index contributed by atoms with van der Waals surface area (Å²) in [6.45, 7) is 1.47. The van der Waals surface area contributed by atoms with Crippen LogP contribution >= 0.6 is 0 Å². The molecule has 7 nitrogen and oxygen atoms in total. The molecule has 0 unspecified atom stereocenters. The number of aromatic nitrogens is 3. The lowest BCUT2D eigenvalue weighted by molar-refractivity contribution is -0.134. The quantitative estimate of drug-likeness (QED) is 0.705. The summed E-state index contributed by atoms with van der Waals surface area (Å²) in [6, 6.07) is 0.385. The maximum absolute atomic E-state index is 11.9. The van der Waals surface area contributed by atoms with Gasteiger partial charge in [-0.3, -0.25) is 4.79 Å². The van der Waals surface area contributed by atoms with Crippen LogP contribution in [0.2, 0.25) is 0 Å². The predicted molar refractivity (Wildman–Crippen MR) is 65.0 cm³/mol. The van der Waals surface area contributed by atoms with Gasteiger partial charge in [-0.1, -0.05) is 5.21 Å². The first-order valence-electron chi connectivity index (χ1n) is 5.92. The smallest absolute Gasteiger partial charge is 0.248 e. The lowest BCUT2D eigenvalue weighted by Gasteiger charge is -2.24. The van der Waals surface area contributed by atoms with Crippen molar-refractivity contribution >= 4 is 5.91 Å². The maximum atomic E-state index is 11.9. The number of carbonyl (C=O) groups is 1. The lowest BCUT2D eigenvalue weighted by atomic mass is 10.1. The van der Waals surface area contributed by atoms with Gasteiger partial charge in [0.1, 0.15) is 6.61 Å². The molecule has 1 aliphatic heterocycles. The van der Waals surface area contributed by atoms with Gasteiger partial charge in [-0.25, -0.2) is 4.68 Å². The minimum Gasteiger partial charge on any atom is -0.375 e. The largest absolute Gasteiger partial charge is 0.375 e. The molecule has 7 heteroatoms. The zero-order chi connectivity index (χ0) is 13.1. The van der Waals surface area contributed by atoms with Crippen molar-refractivity contribution in [2.24, 2.45) is 0 Å². The fourth-order valence-corrected chi connectivity index (χ4v) is 2.35. The number of nitrogens with zero attached hydrogens (tertiary/aromatic N) is 5. The van der Waals surface area contributed by atoms with Gasteiger partial charge in [-0.2, -0.15) is 0 Å². The molecule has 18 heavy (non-hydrogen) atoms. The van der Waals surface area contributed by atoms with Crippen LogP contribution in [0.25, 0.3) is 0 Å². The number of ether oxygens (including phenoxy) is 1. The van der Waals surface area contributed by atoms with Crippen LogP contribution in [0.3, 0.4) is 0 Å². The predicted octanol–water partition coefficient (Wildman–Crippen LogP) is -0.762. The Kier molecular flexibility index (Phi) is 3.93. The number of likely N-dealkylation sites (tertiary alicyclic amines) is 1. The highest BCUT2D eigenvalue weighted by Gasteiger charge is 2.37. The monoisotopic (exact) mass is 253 g/mol. The van der Waals surface area contributed by atoms with Gasteiger partial charge in [0, 0.05) is 26.4 Å². The number of carbonyl (C=O) groups excluding carboxylic acids is 1. The second-order valence-corrected chi connectivity index (χ2v) is 4.71. The topological polar surface area (TPSA) is 63.5 Å². The minimum absolute atomic E-state index is 0.0203. The summed E-state index contributed by atoms with van der Waals surface area (Å²) in [7, 11) is 5.56. The summed E-state index contributed by atoms with van der Waals surface area (Å²) in [5.41, 5.74) is 0. The van der Waals surface area contributed by atoms with Gasteiger partial charge in [0.25, 0.3) is 0 Å². The number of hydrogen-bond donors (Lipinski definition) is 0. The third-order valence-electron chi connectivity index (χ3n) is 3.32. The summed E-state index contributed by atoms with van der Waals surface area (Å²) in [4.78, 5) is 15.8. The van der Waals surface area contributed by atoms with E-state index in [0.717, 1.165) is 0 Å². The fraction of sp³-hybridized carbons (Fsp3) is 0.727. The first-order valence-corrected chi connectivity index (χ1v) is 5.92. The molecule has 1 aliphatic rings. The van der Waals surface area contributed by atoms with E-state index in [1.54, 1.807) is 6.20 Å². The normalized spacial score (nSPS) is 23.9. The van der Waals surface area contributed by atoms with E-state index in [9.17, 15) is 4.79 Å². The van der Waals surface area contributed by atoms with Crippen LogP contribution in [0, 0.1) is 0 Å². The molecular formula is C11H19N5O2. The van der Waals surface area contributed by atoms with Crippen molar-refractivity contribution in [2.75, 3.05) is 40.9 Å². The van der Waals surface area contributed by atoms with Gasteiger partial charge in [0.05, 0.1) is 18.3 Å². The van der Waals surface area contributed by atoms with Crippen LogP contribution in [0.4, 0.5) is 0 Å². The minimum atomic E-state index is 0.0203. The molecule has 1 saturated heterocycles. The van der Waals surface area contributed by atoms with Crippen LogP contribution in [0.1, 0.15) is 6.04 Å². The standard InChI is InChI=1S/C11H19N5O2/c1-14(2)9-6-15(11(17)8-18-3)7-10(9)16-5-4-12-13-16/h4-5,9-10H,6-8H2,1-3H3/t9-,10+/m1/s1. The highest BCUT2D eigenvalue weighted by molar-refractivity contribution is 5.77. The van der Waals surface area contributed by atoms with Gasteiger partial charge in [-0.05, 0) is 14.1 Å². The molecule has 0 radical (unpaired) electrons. The van der Waals surface area contributed by atoms with Crippen molar-refractivity contribution in [3.63, 3.8) is 0 Å². The number of rotatable bonds is 4. The molecule has 0 N–H and O–H groups in total. The third-order valence-corrected chi connectivity index (χ3v) is 3.32. The van der Waals surface area contributed by atoms with Crippen molar-refractivity contribution in [2.45, 2.75) is 12.1 Å². The number of likely N-dealkylation sites (N-methyl/N-ethyl adjacent to an activating group) is 1. The molecule has 0 aliphatic carbocycles. The molecule has 2 heterocycles. The van der Waals surface area contributed by atoms with Crippen molar-refractivity contribution in [3.8, 4) is 0 Å². The molecule has 1 fully saturated rings. The zero-order valence-electron chi connectivity index (χ0n) is 11.0. The maximum Gasteiger partial charge on any atom is 0.248 e. The van der Waals surface area contributed by atoms with Gasteiger partial charge < -0.3 is 14.5 Å². The summed E-state index contributed by atoms with van der Waals surface area (Å²) in [5, 5.41) is 7.87. The summed E-state index contributed by atoms with van der Waals surface area (Å²) >= 11 is 0. The average molecular weight is 253 g/mol. The van der Waals surface area contributed by atoms with E-state index in [2.05, 4.69) is 15.2 Å². The van der Waals surface area contributed by atoms with E-state index in [0.29, 0.717) is 13.1 Å². The molecule has 100 valence electrons. The van der Waals surface area contributed by atoms with Crippen molar-refractivity contribution in [3.05, 3.63) is 12.4 Å². The first kappa shape index (κ1) is 13.0. The van der Waals surface area contributed by atoms with E-state index in [-0.39, 0.29) is 24.6 Å². The molecular weight excluding hydrogens is 234 g/mol. The Morgan fingerprint density at radius 2 is 2.28 bits per heavy atom. The second kappa shape index (κ2) is 5.45. The average Bonchev–Trinajstić information content (AvgIpc) is 2.98. The Balaban J connectivity index is 2.12. The van der Waals surface area contributed by atoms with Crippen LogP contribution in [-0.4, -0.2) is 77.6 Å². The Hall–Kier alpha value is -1.47. The number of amides is 1. The summed E-state index contributed by atoms with van der Waals surface area (Å²) in [6.07, 6.45) is 3.50. The summed E-state index contributed by atoms with van der Waals surface area (Å²) < 4.78 is 6.72. The lowest BCUT2D eigenvalue weighted by Crippen LogP contribution is -2.37. The van der Waals surface area contributed by atoms with Crippen molar-refractivity contribution in [1.82, 2.24) is 24.8 Å². The Morgan fingerprint density at radius 1 is 1.50 bits per heavy atom. The van der Waals surface area contributed by atoms with Gasteiger partial charge >= 0.3 is 0 Å². The Bertz CT molecular complexity index is 392. The number of hydrogen-bond acceptors (Lipinski definition) is 5. The van der Waals surface area contributed by atoms with Gasteiger partial charge in [-0.15, -0.1) is 5.10 Å². The van der Waals surface area contributed by atoms with E-state index in [1.807, 2.05) is 29.9 Å². The molecule has 0 bridgehead atoms. The molecule has 1 amide bonds. The third kappa shape index (κ3) is 2.51. The summed E-state index contributed by atoms with van der Waals surface area (Å²) in [5.74, 6) is 0.0203. The SMILES string of the molecule is COCC(=O)N1C[C@@H](N(C)C)[C@@H](n2ccnn2)C1. The van der Waals surface area contributed by atoms with Crippen molar-refractivity contribution in [1.29, 1.82) is 0 Å². The van der Waals surface area contributed by atoms with Gasteiger partial charge in [0.15, 0.2) is 0 Å². The van der Waals surface area contributed by atoms with E-state index < -0.39 is 0 Å². The Morgan fingerprint density at radius 3 is 2.83 bits per heavy atom.